The molecule has 76 heavy (non-hydrogen) atoms. The summed E-state index contributed by atoms with van der Waals surface area (Å²) < 4.78 is 21.1. The van der Waals surface area contributed by atoms with Gasteiger partial charge in [-0.1, -0.05) is 72.9 Å². The van der Waals surface area contributed by atoms with Crippen molar-refractivity contribution in [3.05, 3.63) is 114 Å². The Bertz CT molecular complexity index is 3460. The molecule has 3 N–H and O–H groups in total. The molecule has 0 radical (unpaired) electrons. The van der Waals surface area contributed by atoms with Gasteiger partial charge in [0, 0.05) is 46.5 Å². The third kappa shape index (κ3) is 11.2. The van der Waals surface area contributed by atoms with Crippen LogP contribution in [0.3, 0.4) is 0 Å². The van der Waals surface area contributed by atoms with Crippen LogP contribution in [0.5, 0.6) is 0 Å². The van der Waals surface area contributed by atoms with Crippen LogP contribution in [0.2, 0.25) is 0 Å². The lowest BCUT2D eigenvalue weighted by Gasteiger charge is -2.18. The molecule has 2 saturated carbocycles. The van der Waals surface area contributed by atoms with E-state index in [1.807, 2.05) is 103 Å². The maximum absolute atomic E-state index is 15.7. The molecule has 3 amide bonds. The highest BCUT2D eigenvalue weighted by molar-refractivity contribution is 8.01. The van der Waals surface area contributed by atoms with Crippen LogP contribution in [-0.2, 0) is 34.0 Å². The number of benzene rings is 2. The molecule has 0 saturated heterocycles. The normalized spacial score (nSPS) is 16.5. The third-order valence-electron chi connectivity index (χ3n) is 13.3. The maximum atomic E-state index is 15.7. The van der Waals surface area contributed by atoms with Crippen LogP contribution in [0, 0.1) is 11.8 Å². The van der Waals surface area contributed by atoms with Crippen molar-refractivity contribution in [2.24, 2.45) is 11.8 Å². The minimum Gasteiger partial charge on any atom is -0.325 e. The van der Waals surface area contributed by atoms with Crippen LogP contribution >= 0.6 is 69.3 Å². The fourth-order valence-electron chi connectivity index (χ4n) is 8.75. The lowest BCUT2D eigenvalue weighted by molar-refractivity contribution is -0.120. The first kappa shape index (κ1) is 51.9. The summed E-state index contributed by atoms with van der Waals surface area (Å²) in [5.41, 5.74) is 1.98. The molecule has 6 heterocycles. The summed E-state index contributed by atoms with van der Waals surface area (Å²) >= 11 is 8.41. The highest BCUT2D eigenvalue weighted by atomic mass is 32.2. The van der Waals surface area contributed by atoms with Gasteiger partial charge in [-0.05, 0) is 154 Å². The summed E-state index contributed by atoms with van der Waals surface area (Å²) in [7, 11) is 0. The van der Waals surface area contributed by atoms with E-state index in [9.17, 15) is 14.4 Å². The zero-order valence-electron chi connectivity index (χ0n) is 41.9. The van der Waals surface area contributed by atoms with Gasteiger partial charge < -0.3 is 29.7 Å². The Morgan fingerprint density at radius 3 is 1.70 bits per heavy atom. The number of thiophene rings is 3. The summed E-state index contributed by atoms with van der Waals surface area (Å²) in [6.07, 6.45) is 10.7. The molecule has 3 aliphatic rings. The number of amides is 3. The molecule has 0 aliphatic heterocycles. The average Bonchev–Trinajstić information content (AvgIpc) is 3.86. The highest BCUT2D eigenvalue weighted by Crippen LogP contribution is 2.52. The first-order valence-electron chi connectivity index (χ1n) is 25.2. The quantitative estimate of drug-likeness (QED) is 0.0581. The average molecular weight is 1130 g/mol. The second-order valence-electron chi connectivity index (χ2n) is 18.7. The molecule has 2 fully saturated rings. The Morgan fingerprint density at radius 2 is 1.18 bits per heavy atom. The minimum atomic E-state index is -1.95. The number of carbonyl (C=O) groups excluding carboxylic acids is 3. The number of thioether (sulfide) groups is 3. The van der Waals surface area contributed by atoms with Crippen molar-refractivity contribution in [2.75, 3.05) is 10.6 Å². The van der Waals surface area contributed by atoms with Gasteiger partial charge in [-0.2, -0.15) is 0 Å². The largest absolute Gasteiger partial charge is 0.325 e. The van der Waals surface area contributed by atoms with Crippen LogP contribution in [0.4, 0.5) is 15.8 Å². The maximum Gasteiger partial charge on any atom is 0.269 e. The number of hydrogen-bond donors (Lipinski definition) is 3. The molecule has 3 unspecified atom stereocenters. The summed E-state index contributed by atoms with van der Waals surface area (Å²) in [4.78, 5) is 45.1. The molecule has 8 aromatic rings. The van der Waals surface area contributed by atoms with Crippen LogP contribution in [0.15, 0.2) is 130 Å². The Labute approximate surface area is 463 Å². The van der Waals surface area contributed by atoms with Gasteiger partial charge in [-0.15, -0.1) is 64.6 Å². The van der Waals surface area contributed by atoms with Gasteiger partial charge in [0.05, 0.1) is 19.9 Å². The van der Waals surface area contributed by atoms with Gasteiger partial charge in [0.15, 0.2) is 32.9 Å². The molecule has 390 valence electrons. The standard InChI is InChI=1S/C54H53FN12O3S6/c1-5-65-45(40-9-8-30-71-40)59-62-51(65)74-43(34-12-13-34)48(68)56-35-20-14-32(15-21-35)38-24-26-41(72-38)46-60-63-52(66(46)6-2)75-44(55)49(69)57-36-22-16-33(17-23-36)39-25-27-42(73-39)47-61-64-53(67(47)7-3)76-54(28-29-54)50(70)58-37-18-10-31(4)11-19-37/h8-10,14-27,30-31,34,43-44H,5-7,11-13,28-29H2,1-4H3,(H,56,68)(H,57,69)(H,58,70). The molecular formula is C54H53FN12O3S6. The fraction of sp³-hybridized carbons (Fsp3) is 0.315. The summed E-state index contributed by atoms with van der Waals surface area (Å²) in [5, 5.41) is 39.3. The smallest absolute Gasteiger partial charge is 0.269 e. The zero-order valence-corrected chi connectivity index (χ0v) is 46.8. The number of alkyl halides is 1. The number of carbonyl (C=O) groups is 3. The SMILES string of the molecule is CCn1c(SC(C(=O)Nc2ccc(-c3ccc(-c4nnc(SC(F)C(=O)Nc5ccc(-c6ccc(-c7nnc(SC8(C(=O)NC9=CCC(C)C=C9)CC8)n7CC)s6)cc5)n4CC)s3)cc2)C2CC2)nnc1-c1cccs1. The molecule has 0 bridgehead atoms. The molecule has 6 aromatic heterocycles. The third-order valence-corrected chi connectivity index (χ3v) is 20.2. The first-order valence-corrected chi connectivity index (χ1v) is 30.3. The molecule has 3 aliphatic carbocycles. The monoisotopic (exact) mass is 1130 g/mol. The Morgan fingerprint density at radius 1 is 0.658 bits per heavy atom. The second kappa shape index (κ2) is 22.4. The van der Waals surface area contributed by atoms with E-state index in [0.717, 1.165) is 90.1 Å². The highest BCUT2D eigenvalue weighted by Gasteiger charge is 2.52. The van der Waals surface area contributed by atoms with E-state index in [4.69, 9.17) is 0 Å². The van der Waals surface area contributed by atoms with Gasteiger partial charge in [0.2, 0.25) is 17.3 Å². The van der Waals surface area contributed by atoms with Gasteiger partial charge >= 0.3 is 0 Å². The number of nitrogens with zero attached hydrogens (tertiary/aromatic N) is 9. The van der Waals surface area contributed by atoms with Crippen LogP contribution in [-0.4, -0.2) is 77.5 Å². The lowest BCUT2D eigenvalue weighted by atomic mass is 10.0. The molecule has 11 rings (SSSR count). The predicted molar refractivity (Wildman–Crippen MR) is 305 cm³/mol. The Balaban J connectivity index is 0.682. The number of rotatable bonds is 21. The van der Waals surface area contributed by atoms with Crippen molar-refractivity contribution in [2.45, 2.75) is 110 Å². The number of aromatic nitrogens is 9. The molecule has 3 atom stereocenters. The summed E-state index contributed by atoms with van der Waals surface area (Å²) in [5.74, 6) is 2.05. The fourth-order valence-corrected chi connectivity index (χ4v) is 14.8. The van der Waals surface area contributed by atoms with Crippen molar-refractivity contribution < 1.29 is 18.8 Å². The lowest BCUT2D eigenvalue weighted by Crippen LogP contribution is -2.34. The number of anilines is 2. The first-order chi connectivity index (χ1) is 37.0. The van der Waals surface area contributed by atoms with Gasteiger partial charge in [0.25, 0.3) is 5.91 Å². The van der Waals surface area contributed by atoms with E-state index in [1.54, 1.807) is 34.8 Å². The Kier molecular flexibility index (Phi) is 15.3. The number of halogens is 1. The van der Waals surface area contributed by atoms with Crippen molar-refractivity contribution in [3.63, 3.8) is 0 Å². The van der Waals surface area contributed by atoms with Gasteiger partial charge in [-0.25, -0.2) is 4.39 Å². The van der Waals surface area contributed by atoms with E-state index < -0.39 is 16.2 Å². The number of allylic oxidation sites excluding steroid dienone is 3. The van der Waals surface area contributed by atoms with Crippen molar-refractivity contribution in [1.82, 2.24) is 49.6 Å². The Hall–Kier alpha value is -6.17. The topological polar surface area (TPSA) is 179 Å². The zero-order chi connectivity index (χ0) is 52.5. The molecule has 22 heteroatoms. The minimum absolute atomic E-state index is 0.00578. The number of hydrogen-bond acceptors (Lipinski definition) is 15. The van der Waals surface area contributed by atoms with Crippen LogP contribution in [0.25, 0.3) is 53.0 Å². The number of nitrogens with one attached hydrogen (secondary N) is 3. The summed E-state index contributed by atoms with van der Waals surface area (Å²) in [6.45, 7) is 10.0. The van der Waals surface area contributed by atoms with Crippen molar-refractivity contribution >= 4 is 98.4 Å². The van der Waals surface area contributed by atoms with Crippen molar-refractivity contribution in [1.29, 1.82) is 0 Å². The van der Waals surface area contributed by atoms with Gasteiger partial charge in [0.1, 0.15) is 4.75 Å². The molecular weight excluding hydrogens is 1080 g/mol. The van der Waals surface area contributed by atoms with E-state index in [2.05, 4.69) is 81.7 Å². The van der Waals surface area contributed by atoms with E-state index in [1.165, 1.54) is 34.9 Å². The molecule has 15 nitrogen and oxygen atoms in total. The molecule has 0 spiro atoms. The van der Waals surface area contributed by atoms with E-state index in [-0.39, 0.29) is 23.0 Å². The van der Waals surface area contributed by atoms with E-state index in [0.29, 0.717) is 64.8 Å². The second-order valence-corrected chi connectivity index (χ2v) is 25.3. The molecule has 2 aromatic carbocycles. The van der Waals surface area contributed by atoms with Crippen LogP contribution < -0.4 is 16.0 Å². The van der Waals surface area contributed by atoms with Crippen molar-refractivity contribution in [3.8, 4) is 53.0 Å². The van der Waals surface area contributed by atoms with Crippen LogP contribution in [0.1, 0.15) is 59.8 Å². The van der Waals surface area contributed by atoms with E-state index >= 15 is 4.39 Å². The van der Waals surface area contributed by atoms with Gasteiger partial charge in [-0.3, -0.25) is 14.4 Å². The predicted octanol–water partition coefficient (Wildman–Crippen LogP) is 12.8. The summed E-state index contributed by atoms with van der Waals surface area (Å²) in [6, 6.07) is 27.1.